The summed E-state index contributed by atoms with van der Waals surface area (Å²) in [6.45, 7) is 3.91. The van der Waals surface area contributed by atoms with E-state index in [9.17, 15) is 4.79 Å². The maximum absolute atomic E-state index is 12.9. The number of carbonyl (C=O) groups is 1. The molecule has 0 N–H and O–H groups in total. The Hall–Kier alpha value is -1.69. The van der Waals surface area contributed by atoms with E-state index in [0.29, 0.717) is 6.04 Å². The second kappa shape index (κ2) is 7.28. The summed E-state index contributed by atoms with van der Waals surface area (Å²) in [5.41, 5.74) is 1.44. The molecule has 0 spiro atoms. The first-order valence-electron chi connectivity index (χ1n) is 9.49. The highest BCUT2D eigenvalue weighted by molar-refractivity contribution is 7.14. The summed E-state index contributed by atoms with van der Waals surface area (Å²) >= 11 is 1.74. The van der Waals surface area contributed by atoms with Crippen molar-refractivity contribution in [1.29, 1.82) is 0 Å². The SMILES string of the molecule is CCC[C@@H]1CCc2sc(C(=O)N3CCC(n4cnnc4)CC3)cc2C1. The number of carbonyl (C=O) groups excluding carboxylic acids is 1. The Labute approximate surface area is 153 Å². The molecule has 4 rings (SSSR count). The molecule has 1 aliphatic heterocycles. The largest absolute Gasteiger partial charge is 0.338 e. The van der Waals surface area contributed by atoms with Crippen LogP contribution in [0.3, 0.4) is 0 Å². The highest BCUT2D eigenvalue weighted by Crippen LogP contribution is 2.35. The second-order valence-corrected chi connectivity index (χ2v) is 8.53. The van der Waals surface area contributed by atoms with Gasteiger partial charge in [-0.3, -0.25) is 4.79 Å². The molecule has 1 fully saturated rings. The minimum Gasteiger partial charge on any atom is -0.338 e. The second-order valence-electron chi connectivity index (χ2n) is 7.39. The maximum atomic E-state index is 12.9. The van der Waals surface area contributed by atoms with Gasteiger partial charge in [0.25, 0.3) is 5.91 Å². The number of amides is 1. The number of aryl methyl sites for hydroxylation is 1. The highest BCUT2D eigenvalue weighted by Gasteiger charge is 2.28. The molecule has 0 radical (unpaired) electrons. The first-order valence-corrected chi connectivity index (χ1v) is 10.3. The molecule has 1 amide bonds. The Morgan fingerprint density at radius 3 is 2.72 bits per heavy atom. The van der Waals surface area contributed by atoms with E-state index in [1.54, 1.807) is 24.0 Å². The number of rotatable bonds is 4. The molecule has 1 aliphatic carbocycles. The number of piperidine rings is 1. The van der Waals surface area contributed by atoms with Gasteiger partial charge in [0.1, 0.15) is 12.7 Å². The molecule has 0 saturated carbocycles. The third-order valence-electron chi connectivity index (χ3n) is 5.70. The van der Waals surface area contributed by atoms with Gasteiger partial charge in [0.05, 0.1) is 4.88 Å². The Morgan fingerprint density at radius 2 is 2.00 bits per heavy atom. The van der Waals surface area contributed by atoms with Crippen LogP contribution in [0.2, 0.25) is 0 Å². The zero-order valence-electron chi connectivity index (χ0n) is 14.9. The van der Waals surface area contributed by atoms with Crippen molar-refractivity contribution in [2.24, 2.45) is 5.92 Å². The molecule has 134 valence electrons. The van der Waals surface area contributed by atoms with Gasteiger partial charge in [-0.15, -0.1) is 21.5 Å². The molecular formula is C19H26N4OS. The van der Waals surface area contributed by atoms with Gasteiger partial charge < -0.3 is 9.47 Å². The van der Waals surface area contributed by atoms with Crippen LogP contribution in [0.4, 0.5) is 0 Å². The van der Waals surface area contributed by atoms with E-state index in [-0.39, 0.29) is 5.91 Å². The average molecular weight is 359 g/mol. The van der Waals surface area contributed by atoms with E-state index in [1.165, 1.54) is 36.1 Å². The van der Waals surface area contributed by atoms with Crippen molar-refractivity contribution in [3.63, 3.8) is 0 Å². The zero-order chi connectivity index (χ0) is 17.2. The monoisotopic (exact) mass is 358 g/mol. The quantitative estimate of drug-likeness (QED) is 0.837. The fourth-order valence-corrected chi connectivity index (χ4v) is 5.46. The number of likely N-dealkylation sites (tertiary alicyclic amines) is 1. The number of aromatic nitrogens is 3. The van der Waals surface area contributed by atoms with Gasteiger partial charge >= 0.3 is 0 Å². The van der Waals surface area contributed by atoms with Gasteiger partial charge in [-0.1, -0.05) is 19.8 Å². The summed E-state index contributed by atoms with van der Waals surface area (Å²) < 4.78 is 2.07. The predicted octanol–water partition coefficient (Wildman–Crippen LogP) is 3.72. The summed E-state index contributed by atoms with van der Waals surface area (Å²) in [6, 6.07) is 2.61. The van der Waals surface area contributed by atoms with Crippen molar-refractivity contribution in [1.82, 2.24) is 19.7 Å². The lowest BCUT2D eigenvalue weighted by Crippen LogP contribution is -2.38. The molecule has 0 aromatic carbocycles. The Kier molecular flexibility index (Phi) is 4.88. The number of hydrogen-bond acceptors (Lipinski definition) is 4. The molecule has 1 saturated heterocycles. The number of nitrogens with zero attached hydrogens (tertiary/aromatic N) is 4. The summed E-state index contributed by atoms with van der Waals surface area (Å²) in [4.78, 5) is 17.4. The molecule has 6 heteroatoms. The minimum atomic E-state index is 0.230. The average Bonchev–Trinajstić information content (AvgIpc) is 3.31. The van der Waals surface area contributed by atoms with Gasteiger partial charge in [0, 0.05) is 24.0 Å². The van der Waals surface area contributed by atoms with Gasteiger partial charge in [-0.25, -0.2) is 0 Å². The molecule has 0 unspecified atom stereocenters. The predicted molar refractivity (Wildman–Crippen MR) is 98.9 cm³/mol. The first-order chi connectivity index (χ1) is 12.2. The van der Waals surface area contributed by atoms with E-state index in [0.717, 1.165) is 43.1 Å². The van der Waals surface area contributed by atoms with Crippen molar-refractivity contribution >= 4 is 17.2 Å². The van der Waals surface area contributed by atoms with Gasteiger partial charge in [-0.05, 0) is 49.7 Å². The van der Waals surface area contributed by atoms with Crippen LogP contribution in [0.25, 0.3) is 0 Å². The van der Waals surface area contributed by atoms with Crippen molar-refractivity contribution in [3.05, 3.63) is 34.0 Å². The van der Waals surface area contributed by atoms with Crippen LogP contribution in [0.1, 0.15) is 65.2 Å². The topological polar surface area (TPSA) is 51.0 Å². The van der Waals surface area contributed by atoms with Crippen molar-refractivity contribution < 1.29 is 4.79 Å². The van der Waals surface area contributed by atoms with Gasteiger partial charge in [0.2, 0.25) is 0 Å². The van der Waals surface area contributed by atoms with Crippen LogP contribution in [-0.4, -0.2) is 38.7 Å². The van der Waals surface area contributed by atoms with E-state index in [4.69, 9.17) is 0 Å². The van der Waals surface area contributed by atoms with Crippen LogP contribution in [0, 0.1) is 5.92 Å². The van der Waals surface area contributed by atoms with E-state index in [1.807, 2.05) is 4.90 Å². The maximum Gasteiger partial charge on any atom is 0.263 e. The molecule has 5 nitrogen and oxygen atoms in total. The third-order valence-corrected chi connectivity index (χ3v) is 6.93. The first kappa shape index (κ1) is 16.8. The Morgan fingerprint density at radius 1 is 1.24 bits per heavy atom. The highest BCUT2D eigenvalue weighted by atomic mass is 32.1. The van der Waals surface area contributed by atoms with Crippen molar-refractivity contribution in [2.45, 2.75) is 57.9 Å². The number of fused-ring (bicyclic) bond motifs is 1. The van der Waals surface area contributed by atoms with Gasteiger partial charge in [-0.2, -0.15) is 0 Å². The van der Waals surface area contributed by atoms with Crippen LogP contribution in [0.15, 0.2) is 18.7 Å². The van der Waals surface area contributed by atoms with Crippen molar-refractivity contribution in [2.75, 3.05) is 13.1 Å². The smallest absolute Gasteiger partial charge is 0.263 e. The standard InChI is InChI=1S/C19H26N4OS/c1-2-3-14-4-5-17-15(10-14)11-18(25-17)19(24)22-8-6-16(7-9-22)23-12-20-21-13-23/h11-14,16H,2-10H2,1H3/t14-/m1/s1. The summed E-state index contributed by atoms with van der Waals surface area (Å²) in [5.74, 6) is 1.04. The van der Waals surface area contributed by atoms with Crippen LogP contribution >= 0.6 is 11.3 Å². The summed E-state index contributed by atoms with van der Waals surface area (Å²) in [6.07, 6.45) is 11.7. The molecule has 3 heterocycles. The van der Waals surface area contributed by atoms with Gasteiger partial charge in [0.15, 0.2) is 0 Å². The fraction of sp³-hybridized carbons (Fsp3) is 0.632. The lowest BCUT2D eigenvalue weighted by atomic mass is 9.85. The summed E-state index contributed by atoms with van der Waals surface area (Å²) in [7, 11) is 0. The zero-order valence-corrected chi connectivity index (χ0v) is 15.7. The Balaban J connectivity index is 1.39. The summed E-state index contributed by atoms with van der Waals surface area (Å²) in [5, 5.41) is 7.78. The van der Waals surface area contributed by atoms with Crippen molar-refractivity contribution in [3.8, 4) is 0 Å². The molecule has 2 aliphatic rings. The molecule has 2 aromatic rings. The molecule has 2 aromatic heterocycles. The van der Waals surface area contributed by atoms with E-state index >= 15 is 0 Å². The molecule has 25 heavy (non-hydrogen) atoms. The van der Waals surface area contributed by atoms with Crippen LogP contribution in [0.5, 0.6) is 0 Å². The minimum absolute atomic E-state index is 0.230. The number of thiophene rings is 1. The number of hydrogen-bond donors (Lipinski definition) is 0. The Bertz CT molecular complexity index is 716. The molecular weight excluding hydrogens is 332 g/mol. The molecule has 0 bridgehead atoms. The fourth-order valence-electron chi connectivity index (χ4n) is 4.28. The normalized spacial score (nSPS) is 21.3. The van der Waals surface area contributed by atoms with E-state index < -0.39 is 0 Å². The third kappa shape index (κ3) is 3.50. The molecule has 1 atom stereocenters. The lowest BCUT2D eigenvalue weighted by molar-refractivity contribution is 0.0699. The van der Waals surface area contributed by atoms with Crippen LogP contribution < -0.4 is 0 Å². The lowest BCUT2D eigenvalue weighted by Gasteiger charge is -2.32. The van der Waals surface area contributed by atoms with Crippen LogP contribution in [-0.2, 0) is 12.8 Å². The van der Waals surface area contributed by atoms with E-state index in [2.05, 4.69) is 27.8 Å².